The van der Waals surface area contributed by atoms with E-state index in [1.54, 1.807) is 13.2 Å². The summed E-state index contributed by atoms with van der Waals surface area (Å²) in [5.41, 5.74) is 1.01. The molecule has 0 saturated carbocycles. The summed E-state index contributed by atoms with van der Waals surface area (Å²) in [5.74, 6) is -0.626. The van der Waals surface area contributed by atoms with Crippen LogP contribution in [0.5, 0.6) is 0 Å². The van der Waals surface area contributed by atoms with Crippen molar-refractivity contribution in [3.8, 4) is 0 Å². The highest BCUT2D eigenvalue weighted by Gasteiger charge is 2.10. The van der Waals surface area contributed by atoms with Gasteiger partial charge in [-0.05, 0) is 11.6 Å². The van der Waals surface area contributed by atoms with Gasteiger partial charge in [0.1, 0.15) is 5.88 Å². The molecule has 1 heterocycles. The second-order valence-electron chi connectivity index (χ2n) is 3.38. The molecule has 0 aliphatic rings. The quantitative estimate of drug-likeness (QED) is 0.732. The number of carbonyl (C=O) groups excluding carboxylic acids is 2. The molecule has 6 heteroatoms. The van der Waals surface area contributed by atoms with Crippen molar-refractivity contribution in [1.82, 2.24) is 15.2 Å². The molecule has 0 atom stereocenters. The van der Waals surface area contributed by atoms with Crippen LogP contribution in [0, 0.1) is 0 Å². The molecule has 0 aliphatic heterocycles. The minimum atomic E-state index is -0.343. The van der Waals surface area contributed by atoms with Crippen LogP contribution >= 0.6 is 11.6 Å². The first-order valence-electron chi connectivity index (χ1n) is 4.81. The van der Waals surface area contributed by atoms with Crippen LogP contribution in [0.1, 0.15) is 5.56 Å². The van der Waals surface area contributed by atoms with Crippen LogP contribution in [0.25, 0.3) is 0 Å². The Balaban J connectivity index is 2.33. The van der Waals surface area contributed by atoms with Crippen molar-refractivity contribution in [2.75, 3.05) is 19.5 Å². The molecule has 1 aromatic heterocycles. The number of hydrogen-bond donors (Lipinski definition) is 2. The Morgan fingerprint density at radius 2 is 2.31 bits per heavy atom. The minimum Gasteiger partial charge on any atom is -0.367 e. The SMILES string of the molecule is CN(Cc1cc[nH]c1)C(=O)CNC(=O)CCl. The number of nitrogens with one attached hydrogen (secondary N) is 2. The normalized spacial score (nSPS) is 9.88. The predicted octanol–water partition coefficient (Wildman–Crippen LogP) is 0.328. The third kappa shape index (κ3) is 3.94. The van der Waals surface area contributed by atoms with E-state index < -0.39 is 0 Å². The number of carbonyl (C=O) groups is 2. The topological polar surface area (TPSA) is 65.2 Å². The Hall–Kier alpha value is -1.49. The van der Waals surface area contributed by atoms with Crippen LogP contribution in [0.4, 0.5) is 0 Å². The third-order valence-electron chi connectivity index (χ3n) is 2.07. The van der Waals surface area contributed by atoms with Crippen LogP contribution in [-0.2, 0) is 16.1 Å². The van der Waals surface area contributed by atoms with Crippen LogP contribution in [0.15, 0.2) is 18.5 Å². The average Bonchev–Trinajstić information content (AvgIpc) is 2.77. The van der Waals surface area contributed by atoms with Gasteiger partial charge in [0.2, 0.25) is 11.8 Å². The Morgan fingerprint density at radius 3 is 2.88 bits per heavy atom. The summed E-state index contributed by atoms with van der Waals surface area (Å²) in [5, 5.41) is 2.42. The molecule has 2 amide bonds. The Morgan fingerprint density at radius 1 is 1.56 bits per heavy atom. The molecule has 0 aliphatic carbocycles. The first kappa shape index (κ1) is 12.6. The number of H-pyrrole nitrogens is 1. The largest absolute Gasteiger partial charge is 0.367 e. The number of halogens is 1. The highest BCUT2D eigenvalue weighted by atomic mass is 35.5. The highest BCUT2D eigenvalue weighted by molar-refractivity contribution is 6.27. The fraction of sp³-hybridized carbons (Fsp3) is 0.400. The fourth-order valence-corrected chi connectivity index (χ4v) is 1.27. The average molecular weight is 244 g/mol. The molecule has 0 radical (unpaired) electrons. The number of amides is 2. The standard InChI is InChI=1S/C10H14ClN3O2/c1-14(7-8-2-3-12-5-8)10(16)6-13-9(15)4-11/h2-3,5,12H,4,6-7H2,1H3,(H,13,15). The maximum atomic E-state index is 11.5. The molecule has 0 unspecified atom stereocenters. The molecule has 1 aromatic rings. The zero-order valence-electron chi connectivity index (χ0n) is 9.00. The lowest BCUT2D eigenvalue weighted by molar-refractivity contribution is -0.131. The first-order chi connectivity index (χ1) is 7.63. The molecule has 0 spiro atoms. The zero-order chi connectivity index (χ0) is 12.0. The molecule has 1 rings (SSSR count). The summed E-state index contributed by atoms with van der Waals surface area (Å²) in [6, 6.07) is 1.89. The van der Waals surface area contributed by atoms with Gasteiger partial charge in [-0.15, -0.1) is 11.6 Å². The van der Waals surface area contributed by atoms with Gasteiger partial charge in [-0.25, -0.2) is 0 Å². The smallest absolute Gasteiger partial charge is 0.242 e. The van der Waals surface area contributed by atoms with Crippen molar-refractivity contribution < 1.29 is 9.59 Å². The highest BCUT2D eigenvalue weighted by Crippen LogP contribution is 2.00. The van der Waals surface area contributed by atoms with Gasteiger partial charge in [0, 0.05) is 26.0 Å². The van der Waals surface area contributed by atoms with E-state index in [2.05, 4.69) is 10.3 Å². The second kappa shape index (κ2) is 6.17. The number of rotatable bonds is 5. The Kier molecular flexibility index (Phi) is 4.85. The summed E-state index contributed by atoms with van der Waals surface area (Å²) in [4.78, 5) is 26.8. The van der Waals surface area contributed by atoms with E-state index in [-0.39, 0.29) is 24.2 Å². The van der Waals surface area contributed by atoms with E-state index in [1.807, 2.05) is 12.3 Å². The number of hydrogen-bond acceptors (Lipinski definition) is 2. The summed E-state index contributed by atoms with van der Waals surface area (Å²) < 4.78 is 0. The predicted molar refractivity (Wildman–Crippen MR) is 61.0 cm³/mol. The number of aromatic nitrogens is 1. The Bertz CT molecular complexity index is 351. The van der Waals surface area contributed by atoms with Gasteiger partial charge in [-0.1, -0.05) is 0 Å². The van der Waals surface area contributed by atoms with Gasteiger partial charge in [0.15, 0.2) is 0 Å². The molecule has 0 aromatic carbocycles. The zero-order valence-corrected chi connectivity index (χ0v) is 9.75. The monoisotopic (exact) mass is 243 g/mol. The van der Waals surface area contributed by atoms with E-state index >= 15 is 0 Å². The van der Waals surface area contributed by atoms with Gasteiger partial charge < -0.3 is 15.2 Å². The van der Waals surface area contributed by atoms with Crippen LogP contribution in [-0.4, -0.2) is 41.2 Å². The molecular formula is C10H14ClN3O2. The molecule has 16 heavy (non-hydrogen) atoms. The van der Waals surface area contributed by atoms with Crippen molar-refractivity contribution in [3.05, 3.63) is 24.0 Å². The lowest BCUT2D eigenvalue weighted by Gasteiger charge is -2.16. The van der Waals surface area contributed by atoms with Gasteiger partial charge in [-0.3, -0.25) is 9.59 Å². The molecule has 5 nitrogen and oxygen atoms in total. The van der Waals surface area contributed by atoms with Gasteiger partial charge >= 0.3 is 0 Å². The van der Waals surface area contributed by atoms with Gasteiger partial charge in [-0.2, -0.15) is 0 Å². The summed E-state index contributed by atoms with van der Waals surface area (Å²) in [6.45, 7) is 0.492. The lowest BCUT2D eigenvalue weighted by Crippen LogP contribution is -2.38. The van der Waals surface area contributed by atoms with Crippen molar-refractivity contribution in [3.63, 3.8) is 0 Å². The second-order valence-corrected chi connectivity index (χ2v) is 3.65. The number of nitrogens with zero attached hydrogens (tertiary/aromatic N) is 1. The molecule has 88 valence electrons. The minimum absolute atomic E-state index is 0.0214. The van der Waals surface area contributed by atoms with Gasteiger partial charge in [0.05, 0.1) is 6.54 Å². The lowest BCUT2D eigenvalue weighted by atomic mass is 10.3. The van der Waals surface area contributed by atoms with Crippen LogP contribution in [0.2, 0.25) is 0 Å². The van der Waals surface area contributed by atoms with Gasteiger partial charge in [0.25, 0.3) is 0 Å². The Labute approximate surface area is 98.8 Å². The first-order valence-corrected chi connectivity index (χ1v) is 5.35. The summed E-state index contributed by atoms with van der Waals surface area (Å²) in [7, 11) is 1.68. The molecule has 0 bridgehead atoms. The molecular weight excluding hydrogens is 230 g/mol. The van der Waals surface area contributed by atoms with E-state index in [1.165, 1.54) is 4.90 Å². The maximum absolute atomic E-state index is 11.5. The molecule has 0 fully saturated rings. The maximum Gasteiger partial charge on any atom is 0.242 e. The number of likely N-dealkylation sites (N-methyl/N-ethyl adjacent to an activating group) is 1. The fourth-order valence-electron chi connectivity index (χ4n) is 1.18. The number of alkyl halides is 1. The van der Waals surface area contributed by atoms with E-state index in [9.17, 15) is 9.59 Å². The van der Waals surface area contributed by atoms with Crippen molar-refractivity contribution >= 4 is 23.4 Å². The summed E-state index contributed by atoms with van der Waals surface area (Å²) in [6.07, 6.45) is 3.62. The molecule has 0 saturated heterocycles. The van der Waals surface area contributed by atoms with E-state index in [0.717, 1.165) is 5.56 Å². The van der Waals surface area contributed by atoms with Crippen molar-refractivity contribution in [2.24, 2.45) is 0 Å². The third-order valence-corrected chi connectivity index (χ3v) is 2.31. The molecule has 2 N–H and O–H groups in total. The van der Waals surface area contributed by atoms with E-state index in [0.29, 0.717) is 6.54 Å². The number of aromatic amines is 1. The van der Waals surface area contributed by atoms with Crippen molar-refractivity contribution in [1.29, 1.82) is 0 Å². The summed E-state index contributed by atoms with van der Waals surface area (Å²) >= 11 is 5.29. The van der Waals surface area contributed by atoms with E-state index in [4.69, 9.17) is 11.6 Å². The van der Waals surface area contributed by atoms with Crippen LogP contribution in [0.3, 0.4) is 0 Å². The van der Waals surface area contributed by atoms with Crippen LogP contribution < -0.4 is 5.32 Å². The van der Waals surface area contributed by atoms with Crippen molar-refractivity contribution in [2.45, 2.75) is 6.54 Å².